The number of amides is 1. The van der Waals surface area contributed by atoms with E-state index in [4.69, 9.17) is 16.3 Å². The van der Waals surface area contributed by atoms with Gasteiger partial charge in [0.1, 0.15) is 11.8 Å². The lowest BCUT2D eigenvalue weighted by Gasteiger charge is -2.30. The molecule has 0 aliphatic carbocycles. The summed E-state index contributed by atoms with van der Waals surface area (Å²) in [5.74, 6) is -1.57. The Morgan fingerprint density at radius 1 is 1.10 bits per heavy atom. The largest absolute Gasteiger partial charge is 0.507 e. The van der Waals surface area contributed by atoms with Crippen LogP contribution in [0.3, 0.4) is 0 Å². The third-order valence-electron chi connectivity index (χ3n) is 5.39. The first-order chi connectivity index (χ1) is 14.6. The monoisotopic (exact) mass is 427 g/mol. The zero-order valence-electron chi connectivity index (χ0n) is 16.3. The van der Waals surface area contributed by atoms with Crippen LogP contribution in [0, 0.1) is 0 Å². The molecule has 0 saturated carbocycles. The van der Waals surface area contributed by atoms with Crippen molar-refractivity contribution in [2.75, 3.05) is 39.4 Å². The van der Waals surface area contributed by atoms with E-state index < -0.39 is 17.7 Å². The number of hydrogen-bond donors (Lipinski definition) is 1. The summed E-state index contributed by atoms with van der Waals surface area (Å²) in [5.41, 5.74) is 1.00. The van der Waals surface area contributed by atoms with Crippen LogP contribution in [0.2, 0.25) is 5.02 Å². The Labute approximate surface area is 179 Å². The molecule has 1 atom stereocenters. The maximum Gasteiger partial charge on any atom is 0.295 e. The lowest BCUT2D eigenvalue weighted by Crippen LogP contribution is -2.42. The minimum atomic E-state index is -0.747. The molecule has 30 heavy (non-hydrogen) atoms. The highest BCUT2D eigenvalue weighted by Gasteiger charge is 2.46. The second kappa shape index (κ2) is 8.95. The fourth-order valence-corrected chi connectivity index (χ4v) is 3.92. The van der Waals surface area contributed by atoms with E-state index in [9.17, 15) is 14.7 Å². The van der Waals surface area contributed by atoms with Crippen molar-refractivity contribution >= 4 is 29.1 Å². The smallest absolute Gasteiger partial charge is 0.295 e. The van der Waals surface area contributed by atoms with Crippen LogP contribution in [-0.2, 0) is 14.3 Å². The lowest BCUT2D eigenvalue weighted by molar-refractivity contribution is -0.140. The predicted molar refractivity (Wildman–Crippen MR) is 112 cm³/mol. The van der Waals surface area contributed by atoms with Crippen molar-refractivity contribution < 1.29 is 19.4 Å². The fraction of sp³-hybridized carbons (Fsp3) is 0.318. The van der Waals surface area contributed by atoms with Crippen LogP contribution in [0.4, 0.5) is 0 Å². The Morgan fingerprint density at radius 3 is 2.50 bits per heavy atom. The molecular formula is C22H22ClN3O4. The molecule has 1 aromatic heterocycles. The number of nitrogens with zero attached hydrogens (tertiary/aromatic N) is 3. The Morgan fingerprint density at radius 2 is 1.83 bits per heavy atom. The zero-order valence-corrected chi connectivity index (χ0v) is 17.1. The zero-order chi connectivity index (χ0) is 21.1. The molecule has 1 N–H and O–H groups in total. The summed E-state index contributed by atoms with van der Waals surface area (Å²) in [5, 5.41) is 11.5. The molecule has 2 fully saturated rings. The first kappa shape index (κ1) is 20.5. The third kappa shape index (κ3) is 4.09. The van der Waals surface area contributed by atoms with Gasteiger partial charge in [0.2, 0.25) is 0 Å². The van der Waals surface area contributed by atoms with Gasteiger partial charge in [-0.05, 0) is 36.4 Å². The Balaban J connectivity index is 1.71. The number of halogens is 1. The second-order valence-corrected chi connectivity index (χ2v) is 7.64. The summed E-state index contributed by atoms with van der Waals surface area (Å²) in [6.45, 7) is 3.83. The average Bonchev–Trinajstić information content (AvgIpc) is 3.04. The van der Waals surface area contributed by atoms with Crippen molar-refractivity contribution in [1.82, 2.24) is 14.8 Å². The number of ketones is 1. The van der Waals surface area contributed by atoms with E-state index in [-0.39, 0.29) is 11.3 Å². The maximum absolute atomic E-state index is 12.9. The van der Waals surface area contributed by atoms with Crippen LogP contribution in [0.1, 0.15) is 17.3 Å². The number of aliphatic hydroxyl groups is 1. The summed E-state index contributed by atoms with van der Waals surface area (Å²) in [6, 6.07) is 11.1. The van der Waals surface area contributed by atoms with Crippen LogP contribution < -0.4 is 0 Å². The number of morpholine rings is 1. The van der Waals surface area contributed by atoms with E-state index >= 15 is 0 Å². The number of likely N-dealkylation sites (tertiary alicyclic amines) is 1. The molecule has 1 aromatic carbocycles. The summed E-state index contributed by atoms with van der Waals surface area (Å²) >= 11 is 5.94. The van der Waals surface area contributed by atoms with Crippen LogP contribution in [-0.4, -0.2) is 71.0 Å². The highest BCUT2D eigenvalue weighted by atomic mass is 35.5. The molecule has 0 spiro atoms. The Hall–Kier alpha value is -2.74. The number of pyridine rings is 1. The van der Waals surface area contributed by atoms with Crippen molar-refractivity contribution in [1.29, 1.82) is 0 Å². The van der Waals surface area contributed by atoms with Gasteiger partial charge >= 0.3 is 0 Å². The minimum absolute atomic E-state index is 0.0444. The molecule has 1 amide bonds. The normalized spacial score (nSPS) is 21.9. The SMILES string of the molecule is O=C1C(=O)N(CCN2CCOCC2)C(c2ccccn2)/C1=C(\O)c1ccc(Cl)cc1. The van der Waals surface area contributed by atoms with Gasteiger partial charge in [0.25, 0.3) is 11.7 Å². The topological polar surface area (TPSA) is 83.0 Å². The van der Waals surface area contributed by atoms with Gasteiger partial charge in [-0.2, -0.15) is 0 Å². The molecule has 4 rings (SSSR count). The highest BCUT2D eigenvalue weighted by Crippen LogP contribution is 2.38. The number of rotatable bonds is 5. The number of benzene rings is 1. The molecule has 0 bridgehead atoms. The van der Waals surface area contributed by atoms with Gasteiger partial charge in [0.05, 0.1) is 24.5 Å². The first-order valence-electron chi connectivity index (χ1n) is 9.81. The van der Waals surface area contributed by atoms with Crippen molar-refractivity contribution in [2.45, 2.75) is 6.04 Å². The standard InChI is InChI=1S/C22H22ClN3O4/c23-16-6-4-15(5-7-16)20(27)18-19(17-3-1-2-8-24-17)26(22(29)21(18)28)10-9-25-11-13-30-14-12-25/h1-8,19,27H,9-14H2/b20-18+. The first-order valence-corrected chi connectivity index (χ1v) is 10.2. The van der Waals surface area contributed by atoms with Gasteiger partial charge in [-0.3, -0.25) is 19.5 Å². The number of carbonyl (C=O) groups excluding carboxylic acids is 2. The van der Waals surface area contributed by atoms with Gasteiger partial charge < -0.3 is 14.7 Å². The molecular weight excluding hydrogens is 406 g/mol. The maximum atomic E-state index is 12.9. The third-order valence-corrected chi connectivity index (χ3v) is 5.64. The summed E-state index contributed by atoms with van der Waals surface area (Å²) in [4.78, 5) is 33.9. The van der Waals surface area contributed by atoms with E-state index in [1.165, 1.54) is 4.90 Å². The van der Waals surface area contributed by atoms with E-state index in [1.54, 1.807) is 48.7 Å². The Kier molecular flexibility index (Phi) is 6.13. The summed E-state index contributed by atoms with van der Waals surface area (Å²) < 4.78 is 5.37. The highest BCUT2D eigenvalue weighted by molar-refractivity contribution is 6.46. The van der Waals surface area contributed by atoms with Gasteiger partial charge in [0.15, 0.2) is 0 Å². The second-order valence-electron chi connectivity index (χ2n) is 7.21. The van der Waals surface area contributed by atoms with E-state index in [0.29, 0.717) is 42.6 Å². The fourth-order valence-electron chi connectivity index (χ4n) is 3.79. The van der Waals surface area contributed by atoms with Crippen LogP contribution in [0.25, 0.3) is 5.76 Å². The molecule has 2 aliphatic rings. The molecule has 7 nitrogen and oxygen atoms in total. The molecule has 8 heteroatoms. The van der Waals surface area contributed by atoms with Crippen molar-refractivity contribution in [2.24, 2.45) is 0 Å². The summed E-state index contributed by atoms with van der Waals surface area (Å²) in [6.07, 6.45) is 1.61. The number of carbonyl (C=O) groups is 2. The van der Waals surface area contributed by atoms with Gasteiger partial charge in [-0.15, -0.1) is 0 Å². The number of ether oxygens (including phenoxy) is 1. The number of aromatic nitrogens is 1. The quantitative estimate of drug-likeness (QED) is 0.448. The molecule has 1 unspecified atom stereocenters. The number of hydrogen-bond acceptors (Lipinski definition) is 6. The molecule has 3 heterocycles. The van der Waals surface area contributed by atoms with Crippen LogP contribution >= 0.6 is 11.6 Å². The van der Waals surface area contributed by atoms with Gasteiger partial charge in [-0.25, -0.2) is 0 Å². The summed E-state index contributed by atoms with van der Waals surface area (Å²) in [7, 11) is 0. The molecule has 2 aromatic rings. The van der Waals surface area contributed by atoms with E-state index in [0.717, 1.165) is 13.1 Å². The molecule has 156 valence electrons. The van der Waals surface area contributed by atoms with Crippen molar-refractivity contribution in [3.05, 3.63) is 70.5 Å². The molecule has 2 saturated heterocycles. The van der Waals surface area contributed by atoms with Crippen molar-refractivity contribution in [3.63, 3.8) is 0 Å². The van der Waals surface area contributed by atoms with Crippen LogP contribution in [0.5, 0.6) is 0 Å². The molecule has 0 radical (unpaired) electrons. The minimum Gasteiger partial charge on any atom is -0.507 e. The lowest BCUT2D eigenvalue weighted by atomic mass is 9.98. The molecule has 2 aliphatic heterocycles. The Bertz CT molecular complexity index is 956. The van der Waals surface area contributed by atoms with Crippen molar-refractivity contribution in [3.8, 4) is 0 Å². The van der Waals surface area contributed by atoms with Gasteiger partial charge in [-0.1, -0.05) is 17.7 Å². The van der Waals surface area contributed by atoms with Crippen LogP contribution in [0.15, 0.2) is 54.2 Å². The van der Waals surface area contributed by atoms with Gasteiger partial charge in [0, 0.05) is 43.0 Å². The average molecular weight is 428 g/mol. The predicted octanol–water partition coefficient (Wildman–Crippen LogP) is 2.49. The van der Waals surface area contributed by atoms with E-state index in [1.807, 2.05) is 0 Å². The number of aliphatic hydroxyl groups excluding tert-OH is 1. The number of Topliss-reactive ketones (excluding diaryl/α,β-unsaturated/α-hetero) is 1. The van der Waals surface area contributed by atoms with E-state index in [2.05, 4.69) is 9.88 Å².